The first-order valence-corrected chi connectivity index (χ1v) is 12.0. The summed E-state index contributed by atoms with van der Waals surface area (Å²) in [5, 5.41) is 2.73. The summed E-state index contributed by atoms with van der Waals surface area (Å²) < 4.78 is 40.8. The van der Waals surface area contributed by atoms with Crippen molar-refractivity contribution >= 4 is 17.8 Å². The molecule has 1 heterocycles. The molecule has 1 aliphatic heterocycles. The second kappa shape index (κ2) is 12.5. The van der Waals surface area contributed by atoms with Crippen LogP contribution in [0.2, 0.25) is 0 Å². The zero-order chi connectivity index (χ0) is 26.2. The molecule has 0 fully saturated rings. The third-order valence-electron chi connectivity index (χ3n) is 6.20. The van der Waals surface area contributed by atoms with Crippen LogP contribution >= 0.6 is 0 Å². The largest absolute Gasteiger partial charge is 0.387 e. The molecule has 36 heavy (non-hydrogen) atoms. The first-order valence-electron chi connectivity index (χ1n) is 12.0. The van der Waals surface area contributed by atoms with E-state index >= 15 is 0 Å². The number of urea groups is 1. The van der Waals surface area contributed by atoms with Gasteiger partial charge in [-0.25, -0.2) is 18.0 Å². The number of fused-ring (bicyclic) bond motifs is 1. The molecule has 3 rings (SSSR count). The Bertz CT molecular complexity index is 1120. The number of amidine groups is 1. The van der Waals surface area contributed by atoms with E-state index in [1.54, 1.807) is 4.90 Å². The van der Waals surface area contributed by atoms with Crippen LogP contribution in [0.25, 0.3) is 0 Å². The summed E-state index contributed by atoms with van der Waals surface area (Å²) in [4.78, 5) is 31.0. The van der Waals surface area contributed by atoms with Crippen molar-refractivity contribution in [2.75, 3.05) is 6.54 Å². The summed E-state index contributed by atoms with van der Waals surface area (Å²) in [6.07, 6.45) is 2.55. The second-order valence-corrected chi connectivity index (χ2v) is 9.07. The maximum Gasteiger partial charge on any atom is 0.342 e. The molecular formula is C26H32F3N5O2. The van der Waals surface area contributed by atoms with Gasteiger partial charge in [0.05, 0.1) is 6.04 Å². The van der Waals surface area contributed by atoms with Gasteiger partial charge < -0.3 is 21.7 Å². The Morgan fingerprint density at radius 2 is 1.83 bits per heavy atom. The monoisotopic (exact) mass is 503 g/mol. The molecular weight excluding hydrogens is 471 g/mol. The third-order valence-corrected chi connectivity index (χ3v) is 6.20. The molecule has 2 atom stereocenters. The normalized spacial score (nSPS) is 16.4. The molecule has 0 aliphatic carbocycles. The molecule has 0 saturated carbocycles. The average Bonchev–Trinajstić information content (AvgIpc) is 2.84. The second-order valence-electron chi connectivity index (χ2n) is 9.07. The van der Waals surface area contributed by atoms with Crippen molar-refractivity contribution in [2.24, 2.45) is 16.5 Å². The maximum atomic E-state index is 14.0. The standard InChI is InChI=1S/C26H32F3N5O2/c1-2-3-8-24(31)33-26(36)32-14-20-10-16-6-4-5-7-17(16)15-34(20)25(35)12-19(30)9-18-11-22(28)23(29)13-21(18)27/h4-7,11,13,19-20H,2-3,8-10,12,14-15,30H2,1H3,(H3,31,32,33,36). The highest BCUT2D eigenvalue weighted by Crippen LogP contribution is 2.24. The van der Waals surface area contributed by atoms with Gasteiger partial charge in [-0.2, -0.15) is 4.99 Å². The number of nitrogens with zero attached hydrogens (tertiary/aromatic N) is 2. The van der Waals surface area contributed by atoms with Gasteiger partial charge in [0.2, 0.25) is 5.91 Å². The number of carbonyl (C=O) groups excluding carboxylic acids is 2. The summed E-state index contributed by atoms with van der Waals surface area (Å²) in [7, 11) is 0. The van der Waals surface area contributed by atoms with E-state index in [0.717, 1.165) is 30.0 Å². The summed E-state index contributed by atoms with van der Waals surface area (Å²) in [5.41, 5.74) is 13.8. The van der Waals surface area contributed by atoms with E-state index in [2.05, 4.69) is 10.3 Å². The van der Waals surface area contributed by atoms with Gasteiger partial charge in [0.15, 0.2) is 11.6 Å². The SMILES string of the molecule is CCCC/C(N)=N/C(=O)NCC1Cc2ccccc2CN1C(=O)CC(N)Cc1cc(F)c(F)cc1F. The van der Waals surface area contributed by atoms with Crippen molar-refractivity contribution in [3.05, 3.63) is 70.5 Å². The van der Waals surface area contributed by atoms with Gasteiger partial charge in [0.25, 0.3) is 0 Å². The molecule has 2 aromatic carbocycles. The van der Waals surface area contributed by atoms with Gasteiger partial charge in [-0.05, 0) is 42.0 Å². The minimum Gasteiger partial charge on any atom is -0.387 e. The Hall–Kier alpha value is -3.40. The quantitative estimate of drug-likeness (QED) is 0.276. The number of halogens is 3. The Kier molecular flexibility index (Phi) is 9.46. The van der Waals surface area contributed by atoms with Crippen molar-refractivity contribution < 1.29 is 22.8 Å². The molecule has 7 nitrogen and oxygen atoms in total. The summed E-state index contributed by atoms with van der Waals surface area (Å²) in [6.45, 7) is 2.50. The van der Waals surface area contributed by atoms with Crippen LogP contribution in [0, 0.1) is 17.5 Å². The minimum atomic E-state index is -1.28. The number of hydrogen-bond donors (Lipinski definition) is 3. The average molecular weight is 504 g/mol. The summed E-state index contributed by atoms with van der Waals surface area (Å²) in [6, 6.07) is 7.20. The van der Waals surface area contributed by atoms with Gasteiger partial charge in [0.1, 0.15) is 11.7 Å². The molecule has 10 heteroatoms. The van der Waals surface area contributed by atoms with Crippen molar-refractivity contribution in [1.82, 2.24) is 10.2 Å². The van der Waals surface area contributed by atoms with Crippen LogP contribution in [-0.4, -0.2) is 41.3 Å². The molecule has 1 aliphatic rings. The first kappa shape index (κ1) is 27.2. The first-order chi connectivity index (χ1) is 17.2. The van der Waals surface area contributed by atoms with Crippen LogP contribution in [0.5, 0.6) is 0 Å². The van der Waals surface area contributed by atoms with E-state index in [-0.39, 0.29) is 42.7 Å². The fourth-order valence-corrected chi connectivity index (χ4v) is 4.27. The van der Waals surface area contributed by atoms with Crippen LogP contribution in [0.1, 0.15) is 49.3 Å². The number of benzene rings is 2. The molecule has 2 aromatic rings. The highest BCUT2D eigenvalue weighted by Gasteiger charge is 2.31. The molecule has 194 valence electrons. The maximum absolute atomic E-state index is 14.0. The molecule has 2 unspecified atom stereocenters. The van der Waals surface area contributed by atoms with Crippen molar-refractivity contribution in [2.45, 2.75) is 64.1 Å². The lowest BCUT2D eigenvalue weighted by Gasteiger charge is -2.37. The lowest BCUT2D eigenvalue weighted by Crippen LogP contribution is -2.51. The Labute approximate surface area is 208 Å². The van der Waals surface area contributed by atoms with E-state index in [1.165, 1.54) is 0 Å². The highest BCUT2D eigenvalue weighted by molar-refractivity contribution is 5.92. The predicted molar refractivity (Wildman–Crippen MR) is 132 cm³/mol. The fraction of sp³-hybridized carbons (Fsp3) is 0.423. The van der Waals surface area contributed by atoms with Crippen molar-refractivity contribution in [1.29, 1.82) is 0 Å². The molecule has 0 saturated heterocycles. The molecule has 0 radical (unpaired) electrons. The smallest absolute Gasteiger partial charge is 0.342 e. The van der Waals surface area contributed by atoms with E-state index in [4.69, 9.17) is 11.5 Å². The molecule has 0 aromatic heterocycles. The van der Waals surface area contributed by atoms with Gasteiger partial charge >= 0.3 is 6.03 Å². The number of rotatable bonds is 9. The number of amides is 3. The molecule has 3 amide bonds. The number of hydrogen-bond acceptors (Lipinski definition) is 3. The fourth-order valence-electron chi connectivity index (χ4n) is 4.27. The van der Waals surface area contributed by atoms with Crippen LogP contribution < -0.4 is 16.8 Å². The van der Waals surface area contributed by atoms with Gasteiger partial charge in [-0.3, -0.25) is 4.79 Å². The van der Waals surface area contributed by atoms with Crippen molar-refractivity contribution in [3.8, 4) is 0 Å². The third kappa shape index (κ3) is 7.30. The minimum absolute atomic E-state index is 0.0967. The van der Waals surface area contributed by atoms with E-state index in [0.29, 0.717) is 25.5 Å². The Morgan fingerprint density at radius 3 is 2.56 bits per heavy atom. The van der Waals surface area contributed by atoms with Gasteiger partial charge in [-0.1, -0.05) is 37.6 Å². The van der Waals surface area contributed by atoms with E-state index in [9.17, 15) is 22.8 Å². The van der Waals surface area contributed by atoms with Gasteiger partial charge in [0, 0.05) is 38.0 Å². The number of unbranched alkanes of at least 4 members (excludes halogenated alkanes) is 1. The summed E-state index contributed by atoms with van der Waals surface area (Å²) in [5.74, 6) is -3.40. The highest BCUT2D eigenvalue weighted by atomic mass is 19.2. The van der Waals surface area contributed by atoms with E-state index in [1.807, 2.05) is 31.2 Å². The molecule has 0 spiro atoms. The van der Waals surface area contributed by atoms with Crippen LogP contribution in [0.15, 0.2) is 41.4 Å². The number of nitrogens with one attached hydrogen (secondary N) is 1. The van der Waals surface area contributed by atoms with Crippen molar-refractivity contribution in [3.63, 3.8) is 0 Å². The predicted octanol–water partition coefficient (Wildman–Crippen LogP) is 3.57. The topological polar surface area (TPSA) is 114 Å². The van der Waals surface area contributed by atoms with Crippen LogP contribution in [0.4, 0.5) is 18.0 Å². The Balaban J connectivity index is 1.68. The molecule has 5 N–H and O–H groups in total. The Morgan fingerprint density at radius 1 is 1.14 bits per heavy atom. The summed E-state index contributed by atoms with van der Waals surface area (Å²) >= 11 is 0. The van der Waals surface area contributed by atoms with Crippen LogP contribution in [0.3, 0.4) is 0 Å². The zero-order valence-electron chi connectivity index (χ0n) is 20.3. The van der Waals surface area contributed by atoms with E-state index < -0.39 is 29.5 Å². The number of aliphatic imine (C=N–C) groups is 1. The number of nitrogens with two attached hydrogens (primary N) is 2. The van der Waals surface area contributed by atoms with Gasteiger partial charge in [-0.15, -0.1) is 0 Å². The zero-order valence-corrected chi connectivity index (χ0v) is 20.3. The lowest BCUT2D eigenvalue weighted by atomic mass is 9.93. The lowest BCUT2D eigenvalue weighted by molar-refractivity contribution is -0.135. The van der Waals surface area contributed by atoms with Crippen LogP contribution in [-0.2, 0) is 24.2 Å². The molecule has 0 bridgehead atoms. The number of carbonyl (C=O) groups is 2.